The van der Waals surface area contributed by atoms with Gasteiger partial charge < -0.3 is 4.90 Å². The van der Waals surface area contributed by atoms with E-state index in [-0.39, 0.29) is 0 Å². The van der Waals surface area contributed by atoms with Gasteiger partial charge in [-0.25, -0.2) is 9.40 Å². The van der Waals surface area contributed by atoms with Gasteiger partial charge in [0, 0.05) is 26.2 Å². The number of carbonyl (C=O) groups is 1. The lowest BCUT2D eigenvalue weighted by molar-refractivity contribution is -0.387. The summed E-state index contributed by atoms with van der Waals surface area (Å²) in [5.41, 5.74) is 0.909. The first kappa shape index (κ1) is 15.3. The van der Waals surface area contributed by atoms with Crippen LogP contribution >= 0.6 is 0 Å². The number of hydrogen-bond acceptors (Lipinski definition) is 5. The molecule has 0 bridgehead atoms. The molecule has 9 heteroatoms. The second-order valence-corrected chi connectivity index (χ2v) is 4.77. The van der Waals surface area contributed by atoms with Crippen molar-refractivity contribution in [1.29, 1.82) is 0 Å². The fraction of sp³-hybridized carbons (Fsp3) is 0.417. The molecule has 1 heterocycles. The summed E-state index contributed by atoms with van der Waals surface area (Å²) in [5, 5.41) is 12.1. The second-order valence-electron chi connectivity index (χ2n) is 4.77. The summed E-state index contributed by atoms with van der Waals surface area (Å²) in [7, 11) is 1.94. The second kappa shape index (κ2) is 6.10. The van der Waals surface area contributed by atoms with Crippen LogP contribution in [-0.2, 0) is 0 Å². The lowest BCUT2D eigenvalue weighted by Crippen LogP contribution is -2.52. The molecule has 1 aromatic carbocycles. The minimum atomic E-state index is -1.25. The van der Waals surface area contributed by atoms with E-state index in [0.29, 0.717) is 25.2 Å². The van der Waals surface area contributed by atoms with E-state index in [1.54, 1.807) is 5.01 Å². The van der Waals surface area contributed by atoms with Crippen LogP contribution in [0.4, 0.5) is 14.5 Å². The molecule has 1 N–H and O–H groups in total. The Kier molecular flexibility index (Phi) is 4.43. The SMILES string of the molecule is CN1CCN(NC(=O)c2cc(F)c([N+](=O)[O-])cc2F)CC1. The average molecular weight is 300 g/mol. The summed E-state index contributed by atoms with van der Waals surface area (Å²) in [6, 6.07) is 0.951. The highest BCUT2D eigenvalue weighted by atomic mass is 19.1. The molecule has 1 amide bonds. The molecule has 0 spiro atoms. The predicted molar refractivity (Wildman–Crippen MR) is 69.5 cm³/mol. The Morgan fingerprint density at radius 1 is 1.24 bits per heavy atom. The molecule has 0 saturated carbocycles. The lowest BCUT2D eigenvalue weighted by Gasteiger charge is -2.32. The Hall–Kier alpha value is -2.13. The number of carbonyl (C=O) groups excluding carboxylic acids is 1. The molecule has 1 saturated heterocycles. The zero-order chi connectivity index (χ0) is 15.6. The topological polar surface area (TPSA) is 78.7 Å². The summed E-state index contributed by atoms with van der Waals surface area (Å²) in [5.74, 6) is -3.20. The monoisotopic (exact) mass is 300 g/mol. The Balaban J connectivity index is 2.12. The third kappa shape index (κ3) is 3.50. The van der Waals surface area contributed by atoms with E-state index in [1.165, 1.54) is 0 Å². The lowest BCUT2D eigenvalue weighted by atomic mass is 10.1. The van der Waals surface area contributed by atoms with Crippen LogP contribution in [0.25, 0.3) is 0 Å². The van der Waals surface area contributed by atoms with Crippen molar-refractivity contribution in [3.05, 3.63) is 39.4 Å². The van der Waals surface area contributed by atoms with Gasteiger partial charge in [0.25, 0.3) is 5.91 Å². The van der Waals surface area contributed by atoms with Crippen LogP contribution in [-0.4, -0.2) is 54.0 Å². The molecular weight excluding hydrogens is 286 g/mol. The van der Waals surface area contributed by atoms with Gasteiger partial charge in [0.1, 0.15) is 5.82 Å². The molecule has 1 aliphatic heterocycles. The van der Waals surface area contributed by atoms with Gasteiger partial charge >= 0.3 is 5.69 Å². The van der Waals surface area contributed by atoms with Crippen LogP contribution < -0.4 is 5.43 Å². The summed E-state index contributed by atoms with van der Waals surface area (Å²) < 4.78 is 27.2. The van der Waals surface area contributed by atoms with Crippen LogP contribution in [0.1, 0.15) is 10.4 Å². The van der Waals surface area contributed by atoms with Crippen molar-refractivity contribution in [2.45, 2.75) is 0 Å². The van der Waals surface area contributed by atoms with Gasteiger partial charge in [-0.3, -0.25) is 20.3 Å². The van der Waals surface area contributed by atoms with E-state index >= 15 is 0 Å². The number of halogens is 2. The first-order valence-electron chi connectivity index (χ1n) is 6.26. The normalized spacial score (nSPS) is 16.7. The molecule has 0 aliphatic carbocycles. The molecular formula is C12H14F2N4O3. The highest BCUT2D eigenvalue weighted by molar-refractivity contribution is 5.94. The van der Waals surface area contributed by atoms with E-state index < -0.39 is 33.7 Å². The number of hydrogen-bond donors (Lipinski definition) is 1. The van der Waals surface area contributed by atoms with Gasteiger partial charge in [-0.15, -0.1) is 0 Å². The van der Waals surface area contributed by atoms with E-state index in [9.17, 15) is 23.7 Å². The fourth-order valence-corrected chi connectivity index (χ4v) is 1.97. The molecule has 0 aromatic heterocycles. The maximum Gasteiger partial charge on any atom is 0.307 e. The third-order valence-electron chi connectivity index (χ3n) is 3.24. The summed E-state index contributed by atoms with van der Waals surface area (Å²) >= 11 is 0. The minimum Gasteiger partial charge on any atom is -0.304 e. The molecule has 1 aliphatic rings. The molecule has 21 heavy (non-hydrogen) atoms. The third-order valence-corrected chi connectivity index (χ3v) is 3.24. The van der Waals surface area contributed by atoms with E-state index in [0.717, 1.165) is 13.1 Å². The van der Waals surface area contributed by atoms with Gasteiger partial charge in [-0.2, -0.15) is 4.39 Å². The first-order chi connectivity index (χ1) is 9.88. The molecule has 7 nitrogen and oxygen atoms in total. The number of nitro groups is 1. The quantitative estimate of drug-likeness (QED) is 0.659. The Bertz CT molecular complexity index is 574. The number of nitro benzene ring substituents is 1. The summed E-state index contributed by atoms with van der Waals surface area (Å²) in [4.78, 5) is 23.4. The van der Waals surface area contributed by atoms with Gasteiger partial charge in [-0.1, -0.05) is 0 Å². The maximum absolute atomic E-state index is 13.7. The highest BCUT2D eigenvalue weighted by Gasteiger charge is 2.24. The highest BCUT2D eigenvalue weighted by Crippen LogP contribution is 2.21. The summed E-state index contributed by atoms with van der Waals surface area (Å²) in [6.07, 6.45) is 0. The zero-order valence-electron chi connectivity index (χ0n) is 11.3. The number of hydrazine groups is 1. The Labute approximate surface area is 119 Å². The van der Waals surface area contributed by atoms with Crippen molar-refractivity contribution >= 4 is 11.6 Å². The van der Waals surface area contributed by atoms with E-state index in [1.807, 2.05) is 7.05 Å². The van der Waals surface area contributed by atoms with Crippen molar-refractivity contribution in [2.75, 3.05) is 33.2 Å². The van der Waals surface area contributed by atoms with Gasteiger partial charge in [0.05, 0.1) is 16.6 Å². The van der Waals surface area contributed by atoms with Crippen LogP contribution in [0, 0.1) is 21.7 Å². The predicted octanol–water partition coefficient (Wildman–Crippen LogP) is 0.765. The maximum atomic E-state index is 13.7. The minimum absolute atomic E-state index is 0.411. The van der Waals surface area contributed by atoms with Gasteiger partial charge in [0.15, 0.2) is 0 Å². The standard InChI is InChI=1S/C12H14F2N4O3/c1-16-2-4-17(5-3-16)15-12(19)8-6-10(14)11(18(20)21)7-9(8)13/h6-7H,2-5H2,1H3,(H,15,19). The van der Waals surface area contributed by atoms with Crippen molar-refractivity contribution in [1.82, 2.24) is 15.3 Å². The average Bonchev–Trinajstić information content (AvgIpc) is 2.43. The molecule has 0 radical (unpaired) electrons. The number of likely N-dealkylation sites (N-methyl/N-ethyl adjacent to an activating group) is 1. The van der Waals surface area contributed by atoms with Gasteiger partial charge in [-0.05, 0) is 13.1 Å². The van der Waals surface area contributed by atoms with Crippen LogP contribution in [0.3, 0.4) is 0 Å². The van der Waals surface area contributed by atoms with Crippen molar-refractivity contribution in [3.63, 3.8) is 0 Å². The van der Waals surface area contributed by atoms with Gasteiger partial charge in [0.2, 0.25) is 5.82 Å². The number of nitrogens with one attached hydrogen (secondary N) is 1. The molecule has 0 unspecified atom stereocenters. The molecule has 1 fully saturated rings. The largest absolute Gasteiger partial charge is 0.307 e. The van der Waals surface area contributed by atoms with E-state index in [2.05, 4.69) is 10.3 Å². The first-order valence-corrected chi connectivity index (χ1v) is 6.26. The number of rotatable bonds is 3. The molecule has 2 rings (SSSR count). The fourth-order valence-electron chi connectivity index (χ4n) is 1.97. The van der Waals surface area contributed by atoms with Crippen molar-refractivity contribution < 1.29 is 18.5 Å². The number of benzene rings is 1. The van der Waals surface area contributed by atoms with Crippen LogP contribution in [0.15, 0.2) is 12.1 Å². The number of piperazine rings is 1. The molecule has 1 aromatic rings. The van der Waals surface area contributed by atoms with E-state index in [4.69, 9.17) is 0 Å². The van der Waals surface area contributed by atoms with Crippen molar-refractivity contribution in [3.8, 4) is 0 Å². The number of nitrogens with zero attached hydrogens (tertiary/aromatic N) is 3. The van der Waals surface area contributed by atoms with Crippen molar-refractivity contribution in [2.24, 2.45) is 0 Å². The van der Waals surface area contributed by atoms with Crippen LogP contribution in [0.5, 0.6) is 0 Å². The molecule has 114 valence electrons. The molecule has 0 atom stereocenters. The Morgan fingerprint density at radius 2 is 1.86 bits per heavy atom. The number of amides is 1. The smallest absolute Gasteiger partial charge is 0.304 e. The zero-order valence-corrected chi connectivity index (χ0v) is 11.3. The Morgan fingerprint density at radius 3 is 2.43 bits per heavy atom. The van der Waals surface area contributed by atoms with Crippen LogP contribution in [0.2, 0.25) is 0 Å². The summed E-state index contributed by atoms with van der Waals surface area (Å²) in [6.45, 7) is 2.58.